The maximum absolute atomic E-state index is 14.4. The highest BCUT2D eigenvalue weighted by Crippen LogP contribution is 2.47. The first-order valence-electron chi connectivity index (χ1n) is 13.0. The largest absolute Gasteiger partial charge is 0.477 e. The number of nitrogens with zero attached hydrogens (tertiary/aromatic N) is 1. The van der Waals surface area contributed by atoms with Crippen LogP contribution in [0.4, 0.5) is 0 Å². The molecule has 8 nitrogen and oxygen atoms in total. The van der Waals surface area contributed by atoms with E-state index in [0.717, 1.165) is 17.3 Å². The van der Waals surface area contributed by atoms with E-state index in [2.05, 4.69) is 4.72 Å². The number of nitrogens with one attached hydrogen (secondary N) is 1. The fourth-order valence-electron chi connectivity index (χ4n) is 4.99. The van der Waals surface area contributed by atoms with Crippen LogP contribution < -0.4 is 4.72 Å². The Morgan fingerprint density at radius 2 is 1.56 bits per heavy atom. The maximum atomic E-state index is 14.4. The maximum Gasteiger partial charge on any atom is 0.344 e. The molecule has 10 heteroatoms. The second-order valence-electron chi connectivity index (χ2n) is 9.34. The van der Waals surface area contributed by atoms with Gasteiger partial charge in [0, 0.05) is 28.7 Å². The van der Waals surface area contributed by atoms with E-state index in [-0.39, 0.29) is 45.0 Å². The fourth-order valence-corrected chi connectivity index (χ4v) is 7.84. The summed E-state index contributed by atoms with van der Waals surface area (Å²) in [5, 5.41) is 9.68. The lowest BCUT2D eigenvalue weighted by molar-refractivity contribution is -0.131. The summed E-state index contributed by atoms with van der Waals surface area (Å²) < 4.78 is 38.3. The molecular weight excluding hydrogens is 560 g/mol. The van der Waals surface area contributed by atoms with Gasteiger partial charge < -0.3 is 14.4 Å². The zero-order valence-electron chi connectivity index (χ0n) is 22.4. The van der Waals surface area contributed by atoms with Crippen molar-refractivity contribution < 1.29 is 27.9 Å². The third-order valence-corrected chi connectivity index (χ3v) is 9.55. The average Bonchev–Trinajstić information content (AvgIpc) is 3.53. The van der Waals surface area contributed by atoms with Gasteiger partial charge in [0.25, 0.3) is 10.0 Å². The van der Waals surface area contributed by atoms with Crippen molar-refractivity contribution in [2.24, 2.45) is 0 Å². The number of para-hydroxylation sites is 1. The first-order chi connectivity index (χ1) is 19.7. The fraction of sp³-hybridized carbons (Fsp3) is 0.161. The third-order valence-electron chi connectivity index (χ3n) is 6.72. The highest BCUT2D eigenvalue weighted by Gasteiger charge is 2.38. The molecule has 4 aromatic rings. The number of carbonyl (C=O) groups excluding carboxylic acids is 1. The van der Waals surface area contributed by atoms with Gasteiger partial charge in [-0.05, 0) is 37.1 Å². The van der Waals surface area contributed by atoms with E-state index in [1.165, 1.54) is 0 Å². The molecule has 210 valence electrons. The minimum absolute atomic E-state index is 0.0477. The van der Waals surface area contributed by atoms with Crippen LogP contribution in [0.5, 0.6) is 0 Å². The first-order valence-corrected chi connectivity index (χ1v) is 15.3. The molecule has 1 atom stereocenters. The molecule has 1 aliphatic heterocycles. The van der Waals surface area contributed by atoms with Crippen molar-refractivity contribution in [3.05, 3.63) is 118 Å². The van der Waals surface area contributed by atoms with E-state index >= 15 is 0 Å². The van der Waals surface area contributed by atoms with E-state index in [1.54, 1.807) is 42.7 Å². The predicted molar refractivity (Wildman–Crippen MR) is 158 cm³/mol. The molecule has 0 bridgehead atoms. The molecule has 1 aliphatic rings. The molecule has 41 heavy (non-hydrogen) atoms. The number of aromatic nitrogens is 1. The van der Waals surface area contributed by atoms with Gasteiger partial charge in [0.15, 0.2) is 0 Å². The number of ether oxygens (including phenoxy) is 1. The van der Waals surface area contributed by atoms with Gasteiger partial charge in [-0.3, -0.25) is 4.72 Å². The Balaban J connectivity index is 1.71. The monoisotopic (exact) mass is 588 g/mol. The Hall–Kier alpha value is -4.28. The Bertz CT molecular complexity index is 1730. The van der Waals surface area contributed by atoms with Crippen molar-refractivity contribution in [1.82, 2.24) is 9.29 Å². The van der Waals surface area contributed by atoms with Crippen LogP contribution in [-0.2, 0) is 19.6 Å². The summed E-state index contributed by atoms with van der Waals surface area (Å²) in [6.45, 7) is 3.37. The molecule has 0 amide bonds. The molecule has 2 heterocycles. The summed E-state index contributed by atoms with van der Waals surface area (Å²) >= 11 is 1.10. The molecule has 3 aromatic carbocycles. The van der Waals surface area contributed by atoms with Gasteiger partial charge in [0.1, 0.15) is 15.4 Å². The summed E-state index contributed by atoms with van der Waals surface area (Å²) in [4.78, 5) is 25.2. The van der Waals surface area contributed by atoms with Gasteiger partial charge in [0.2, 0.25) is 0 Å². The number of rotatable bonds is 9. The van der Waals surface area contributed by atoms with Gasteiger partial charge in [-0.1, -0.05) is 78.9 Å². The van der Waals surface area contributed by atoms with Gasteiger partial charge in [-0.25, -0.2) is 18.0 Å². The van der Waals surface area contributed by atoms with Crippen LogP contribution in [0.25, 0.3) is 16.9 Å². The summed E-state index contributed by atoms with van der Waals surface area (Å²) in [5.74, 6) is -2.01. The van der Waals surface area contributed by atoms with Crippen molar-refractivity contribution in [3.8, 4) is 16.9 Å². The van der Waals surface area contributed by atoms with Gasteiger partial charge >= 0.3 is 11.9 Å². The topological polar surface area (TPSA) is 115 Å². The Labute approximate surface area is 242 Å². The van der Waals surface area contributed by atoms with Crippen molar-refractivity contribution in [3.63, 3.8) is 0 Å². The van der Waals surface area contributed by atoms with Crippen molar-refractivity contribution >= 4 is 33.7 Å². The first kappa shape index (κ1) is 28.3. The van der Waals surface area contributed by atoms with Crippen LogP contribution >= 0.6 is 11.8 Å². The number of carboxylic acids is 1. The molecule has 0 fully saturated rings. The number of sulfonamides is 1. The standard InChI is InChI=1S/C31H28N2O6S2/c1-3-39-31(36)26-20(2)33(23-17-11-6-12-18-23)27(22-15-9-5-10-16-22)29(26)41(37,38)32-24-19-25(40-28(24)30(34)35)21-13-7-4-8-14-21/h4-18,25,32H,3,19H2,1-2H3,(H,34,35). The van der Waals surface area contributed by atoms with E-state index in [0.29, 0.717) is 16.9 Å². The lowest BCUT2D eigenvalue weighted by Crippen LogP contribution is -2.26. The number of carbonyl (C=O) groups is 2. The summed E-state index contributed by atoms with van der Waals surface area (Å²) in [6, 6.07) is 27.4. The second kappa shape index (κ2) is 11.7. The third kappa shape index (κ3) is 5.53. The van der Waals surface area contributed by atoms with Crippen LogP contribution in [-0.4, -0.2) is 36.6 Å². The molecule has 0 spiro atoms. The summed E-state index contributed by atoms with van der Waals surface area (Å²) in [6.07, 6.45) is 0.156. The van der Waals surface area contributed by atoms with Crippen LogP contribution in [0.1, 0.15) is 40.2 Å². The Morgan fingerprint density at radius 1 is 0.976 bits per heavy atom. The van der Waals surface area contributed by atoms with E-state index in [1.807, 2.05) is 66.7 Å². The molecule has 1 unspecified atom stereocenters. The molecule has 0 saturated carbocycles. The lowest BCUT2D eigenvalue weighted by Gasteiger charge is -2.15. The number of thioether (sulfide) groups is 1. The summed E-state index contributed by atoms with van der Waals surface area (Å²) in [5.41, 5.74) is 2.71. The predicted octanol–water partition coefficient (Wildman–Crippen LogP) is 6.08. The van der Waals surface area contributed by atoms with E-state index in [4.69, 9.17) is 4.74 Å². The minimum Gasteiger partial charge on any atom is -0.477 e. The van der Waals surface area contributed by atoms with Crippen LogP contribution in [0.2, 0.25) is 0 Å². The lowest BCUT2D eigenvalue weighted by atomic mass is 10.1. The van der Waals surface area contributed by atoms with Gasteiger partial charge in [-0.15, -0.1) is 11.8 Å². The van der Waals surface area contributed by atoms with Crippen LogP contribution in [0.15, 0.2) is 106 Å². The molecule has 0 radical (unpaired) electrons. The van der Waals surface area contributed by atoms with E-state index in [9.17, 15) is 23.1 Å². The highest BCUT2D eigenvalue weighted by molar-refractivity contribution is 8.04. The summed E-state index contributed by atoms with van der Waals surface area (Å²) in [7, 11) is -4.50. The van der Waals surface area contributed by atoms with Crippen molar-refractivity contribution in [1.29, 1.82) is 0 Å². The number of carboxylic acid groups (broad SMARTS) is 1. The smallest absolute Gasteiger partial charge is 0.344 e. The molecule has 1 aromatic heterocycles. The second-order valence-corrected chi connectivity index (χ2v) is 12.2. The SMILES string of the molecule is CCOC(=O)c1c(S(=O)(=O)NC2=C(C(=O)O)SC(c3ccccc3)C2)c(-c2ccccc2)n(-c2ccccc2)c1C. The van der Waals surface area contributed by atoms with Crippen LogP contribution in [0.3, 0.4) is 0 Å². The van der Waals surface area contributed by atoms with Crippen molar-refractivity contribution in [2.75, 3.05) is 6.61 Å². The normalized spacial score (nSPS) is 15.1. The number of esters is 1. The molecule has 5 rings (SSSR count). The number of allylic oxidation sites excluding steroid dienone is 1. The zero-order chi connectivity index (χ0) is 29.1. The van der Waals surface area contributed by atoms with Gasteiger partial charge in [0.05, 0.1) is 12.3 Å². The number of hydrogen-bond acceptors (Lipinski definition) is 6. The van der Waals surface area contributed by atoms with E-state index < -0.39 is 22.0 Å². The molecular formula is C31H28N2O6S2. The molecule has 0 aliphatic carbocycles. The Kier molecular flexibility index (Phi) is 8.05. The van der Waals surface area contributed by atoms with Gasteiger partial charge in [-0.2, -0.15) is 0 Å². The number of aliphatic carboxylic acids is 1. The van der Waals surface area contributed by atoms with Crippen molar-refractivity contribution in [2.45, 2.75) is 30.4 Å². The van der Waals surface area contributed by atoms with Crippen LogP contribution in [0, 0.1) is 6.92 Å². The number of benzene rings is 3. The molecule has 0 saturated heterocycles. The highest BCUT2D eigenvalue weighted by atomic mass is 32.2. The quantitative estimate of drug-likeness (QED) is 0.228. The molecule has 2 N–H and O–H groups in total. The Morgan fingerprint density at radius 3 is 2.15 bits per heavy atom. The average molecular weight is 589 g/mol. The minimum atomic E-state index is -4.50. The number of hydrogen-bond donors (Lipinski definition) is 2. The zero-order valence-corrected chi connectivity index (χ0v) is 24.0.